The molecule has 0 aliphatic rings. The monoisotopic (exact) mass is 392 g/mol. The van der Waals surface area contributed by atoms with Crippen molar-refractivity contribution < 1.29 is 4.42 Å². The second-order valence-electron chi connectivity index (χ2n) is 8.98. The standard InChI is InChI=1S/C27H24N2O/c1-27(2,3)17-18-12-14-28-23(16-18)21-10-7-11-22-24-20(19-8-5-4-6-9-19)13-15-29-26(24)30-25(21)22/h4-16H,17H2,1-3H3. The predicted molar refractivity (Wildman–Crippen MR) is 123 cm³/mol. The molecule has 3 nitrogen and oxygen atoms in total. The highest BCUT2D eigenvalue weighted by Gasteiger charge is 2.18. The molecule has 5 rings (SSSR count). The average molecular weight is 393 g/mol. The first-order chi connectivity index (χ1) is 14.5. The number of fused-ring (bicyclic) bond motifs is 3. The largest absolute Gasteiger partial charge is 0.437 e. The molecule has 5 aromatic rings. The van der Waals surface area contributed by atoms with Crippen molar-refractivity contribution in [3.63, 3.8) is 0 Å². The quantitative estimate of drug-likeness (QED) is 0.323. The van der Waals surface area contributed by atoms with E-state index in [1.165, 1.54) is 5.56 Å². The lowest BCUT2D eigenvalue weighted by Gasteiger charge is -2.18. The topological polar surface area (TPSA) is 38.9 Å². The van der Waals surface area contributed by atoms with Gasteiger partial charge in [-0.1, -0.05) is 63.2 Å². The normalized spacial score (nSPS) is 12.0. The zero-order valence-corrected chi connectivity index (χ0v) is 17.5. The van der Waals surface area contributed by atoms with Gasteiger partial charge in [0.1, 0.15) is 5.58 Å². The van der Waals surface area contributed by atoms with Gasteiger partial charge in [0.15, 0.2) is 0 Å². The Morgan fingerprint density at radius 1 is 0.800 bits per heavy atom. The second kappa shape index (κ2) is 7.10. The predicted octanol–water partition coefficient (Wildman–Crippen LogP) is 7.30. The highest BCUT2D eigenvalue weighted by molar-refractivity contribution is 6.14. The summed E-state index contributed by atoms with van der Waals surface area (Å²) in [4.78, 5) is 9.18. The van der Waals surface area contributed by atoms with Crippen LogP contribution in [0.15, 0.2) is 83.5 Å². The fourth-order valence-electron chi connectivity index (χ4n) is 4.12. The summed E-state index contributed by atoms with van der Waals surface area (Å²) in [6, 6.07) is 23.0. The van der Waals surface area contributed by atoms with Crippen molar-refractivity contribution in [2.24, 2.45) is 5.41 Å². The molecule has 0 unspecified atom stereocenters. The lowest BCUT2D eigenvalue weighted by atomic mass is 9.88. The van der Waals surface area contributed by atoms with Crippen LogP contribution in [0.3, 0.4) is 0 Å². The fourth-order valence-corrected chi connectivity index (χ4v) is 4.12. The number of pyridine rings is 2. The van der Waals surface area contributed by atoms with Gasteiger partial charge in [-0.05, 0) is 52.8 Å². The van der Waals surface area contributed by atoms with Crippen LogP contribution in [0.1, 0.15) is 26.3 Å². The van der Waals surface area contributed by atoms with E-state index in [2.05, 4.69) is 91.4 Å². The van der Waals surface area contributed by atoms with E-state index in [4.69, 9.17) is 4.42 Å². The smallest absolute Gasteiger partial charge is 0.227 e. The second-order valence-corrected chi connectivity index (χ2v) is 8.98. The third-order valence-corrected chi connectivity index (χ3v) is 5.32. The van der Waals surface area contributed by atoms with E-state index >= 15 is 0 Å². The molecule has 0 bridgehead atoms. The van der Waals surface area contributed by atoms with Gasteiger partial charge in [-0.2, -0.15) is 0 Å². The van der Waals surface area contributed by atoms with Gasteiger partial charge in [0.2, 0.25) is 5.71 Å². The Morgan fingerprint density at radius 3 is 2.40 bits per heavy atom. The Kier molecular flexibility index (Phi) is 4.39. The van der Waals surface area contributed by atoms with Crippen LogP contribution in [-0.2, 0) is 6.42 Å². The van der Waals surface area contributed by atoms with Gasteiger partial charge in [-0.25, -0.2) is 4.98 Å². The van der Waals surface area contributed by atoms with Crippen molar-refractivity contribution in [3.8, 4) is 22.4 Å². The van der Waals surface area contributed by atoms with E-state index in [0.29, 0.717) is 5.71 Å². The van der Waals surface area contributed by atoms with Crippen LogP contribution in [0.5, 0.6) is 0 Å². The minimum Gasteiger partial charge on any atom is -0.437 e. The number of nitrogens with zero attached hydrogens (tertiary/aromatic N) is 2. The van der Waals surface area contributed by atoms with Gasteiger partial charge in [-0.3, -0.25) is 4.98 Å². The first-order valence-electron chi connectivity index (χ1n) is 10.3. The van der Waals surface area contributed by atoms with Crippen LogP contribution in [-0.4, -0.2) is 9.97 Å². The van der Waals surface area contributed by atoms with E-state index in [1.54, 1.807) is 0 Å². The summed E-state index contributed by atoms with van der Waals surface area (Å²) in [5.41, 5.74) is 7.22. The maximum Gasteiger partial charge on any atom is 0.227 e. The van der Waals surface area contributed by atoms with Crippen molar-refractivity contribution >= 4 is 22.1 Å². The van der Waals surface area contributed by atoms with E-state index in [-0.39, 0.29) is 5.41 Å². The van der Waals surface area contributed by atoms with E-state index in [1.807, 2.05) is 18.5 Å². The number of furan rings is 1. The molecule has 0 fully saturated rings. The number of hydrogen-bond acceptors (Lipinski definition) is 3. The molecule has 148 valence electrons. The molecule has 0 radical (unpaired) electrons. The SMILES string of the molecule is CC(C)(C)Cc1ccnc(-c2cccc3c2oc2nccc(-c4ccccc4)c23)c1. The summed E-state index contributed by atoms with van der Waals surface area (Å²) in [6.07, 6.45) is 4.71. The van der Waals surface area contributed by atoms with Crippen molar-refractivity contribution in [2.45, 2.75) is 27.2 Å². The van der Waals surface area contributed by atoms with Crippen LogP contribution in [0.4, 0.5) is 0 Å². The van der Waals surface area contributed by atoms with Crippen LogP contribution >= 0.6 is 0 Å². The van der Waals surface area contributed by atoms with E-state index in [9.17, 15) is 0 Å². The zero-order chi connectivity index (χ0) is 20.7. The molecule has 0 aliphatic carbocycles. The van der Waals surface area contributed by atoms with Gasteiger partial charge in [-0.15, -0.1) is 0 Å². The number of aromatic nitrogens is 2. The third-order valence-electron chi connectivity index (χ3n) is 5.32. The molecule has 3 aromatic heterocycles. The summed E-state index contributed by atoms with van der Waals surface area (Å²) >= 11 is 0. The Hall–Kier alpha value is -3.46. The first kappa shape index (κ1) is 18.6. The van der Waals surface area contributed by atoms with Crippen molar-refractivity contribution in [3.05, 3.63) is 84.7 Å². The summed E-state index contributed by atoms with van der Waals surface area (Å²) in [5, 5.41) is 2.11. The number of rotatable bonds is 3. The van der Waals surface area contributed by atoms with Crippen LogP contribution in [0.25, 0.3) is 44.5 Å². The molecule has 0 atom stereocenters. The minimum atomic E-state index is 0.221. The molecule has 0 aliphatic heterocycles. The number of hydrogen-bond donors (Lipinski definition) is 0. The maximum atomic E-state index is 6.29. The fraction of sp³-hybridized carbons (Fsp3) is 0.185. The lowest BCUT2D eigenvalue weighted by Crippen LogP contribution is -2.09. The van der Waals surface area contributed by atoms with Gasteiger partial charge in [0.05, 0.1) is 11.1 Å². The molecule has 0 saturated heterocycles. The van der Waals surface area contributed by atoms with E-state index < -0.39 is 0 Å². The van der Waals surface area contributed by atoms with Gasteiger partial charge in [0.25, 0.3) is 0 Å². The summed E-state index contributed by atoms with van der Waals surface area (Å²) in [6.45, 7) is 6.76. The Labute approximate surface area is 176 Å². The van der Waals surface area contributed by atoms with E-state index in [0.717, 1.165) is 45.2 Å². The average Bonchev–Trinajstić information content (AvgIpc) is 3.12. The molecule has 2 aromatic carbocycles. The van der Waals surface area contributed by atoms with Crippen molar-refractivity contribution in [1.29, 1.82) is 0 Å². The summed E-state index contributed by atoms with van der Waals surface area (Å²) in [7, 11) is 0. The van der Waals surface area contributed by atoms with Crippen molar-refractivity contribution in [2.75, 3.05) is 0 Å². The Balaban J connectivity index is 1.72. The zero-order valence-electron chi connectivity index (χ0n) is 17.5. The highest BCUT2D eigenvalue weighted by atomic mass is 16.3. The first-order valence-corrected chi connectivity index (χ1v) is 10.3. The van der Waals surface area contributed by atoms with Crippen LogP contribution in [0, 0.1) is 5.41 Å². The molecule has 3 heteroatoms. The van der Waals surface area contributed by atoms with Gasteiger partial charge in [0, 0.05) is 23.3 Å². The van der Waals surface area contributed by atoms with Crippen LogP contribution in [0.2, 0.25) is 0 Å². The lowest BCUT2D eigenvalue weighted by molar-refractivity contribution is 0.411. The van der Waals surface area contributed by atoms with Crippen molar-refractivity contribution in [1.82, 2.24) is 9.97 Å². The number of para-hydroxylation sites is 1. The molecule has 0 N–H and O–H groups in total. The summed E-state index contributed by atoms with van der Waals surface area (Å²) in [5.74, 6) is 0. The number of benzene rings is 2. The van der Waals surface area contributed by atoms with Gasteiger partial charge < -0.3 is 4.42 Å². The van der Waals surface area contributed by atoms with Crippen LogP contribution < -0.4 is 0 Å². The third kappa shape index (κ3) is 3.37. The summed E-state index contributed by atoms with van der Waals surface area (Å²) < 4.78 is 6.29. The Bertz CT molecular complexity index is 1340. The molecule has 0 amide bonds. The minimum absolute atomic E-state index is 0.221. The molecular weight excluding hydrogens is 368 g/mol. The molecule has 0 saturated carbocycles. The Morgan fingerprint density at radius 2 is 1.60 bits per heavy atom. The molecular formula is C27H24N2O. The molecule has 0 spiro atoms. The molecule has 30 heavy (non-hydrogen) atoms. The maximum absolute atomic E-state index is 6.29. The molecule has 3 heterocycles. The van der Waals surface area contributed by atoms with Gasteiger partial charge >= 0.3 is 0 Å². The highest BCUT2D eigenvalue weighted by Crippen LogP contribution is 2.39.